The fourth-order valence-corrected chi connectivity index (χ4v) is 4.14. The van der Waals surface area contributed by atoms with Gasteiger partial charge in [-0.15, -0.1) is 10.2 Å². The number of nitrogens with zero attached hydrogens (tertiary/aromatic N) is 2. The van der Waals surface area contributed by atoms with E-state index in [0.717, 1.165) is 5.56 Å². The number of furan rings is 1. The number of amides is 1. The summed E-state index contributed by atoms with van der Waals surface area (Å²) in [6, 6.07) is 13.4. The molecule has 0 bridgehead atoms. The first-order valence-corrected chi connectivity index (χ1v) is 9.69. The summed E-state index contributed by atoms with van der Waals surface area (Å²) in [5.74, 6) is -0.0734. The molecule has 4 aromatic rings. The lowest BCUT2D eigenvalue weighted by molar-refractivity contribution is 0.0999. The monoisotopic (exact) mass is 400 g/mol. The van der Waals surface area contributed by atoms with Crippen LogP contribution in [0.25, 0.3) is 11.0 Å². The van der Waals surface area contributed by atoms with Crippen molar-refractivity contribution >= 4 is 50.8 Å². The number of halogens is 1. The van der Waals surface area contributed by atoms with Gasteiger partial charge in [0.05, 0.1) is 5.69 Å². The van der Waals surface area contributed by atoms with Crippen molar-refractivity contribution in [1.82, 2.24) is 10.2 Å². The van der Waals surface area contributed by atoms with E-state index in [1.54, 1.807) is 24.3 Å². The Bertz CT molecular complexity index is 1110. The molecule has 2 aromatic heterocycles. The molecular weight excluding hydrogens is 387 g/mol. The van der Waals surface area contributed by atoms with Crippen molar-refractivity contribution in [2.45, 2.75) is 10.1 Å². The van der Waals surface area contributed by atoms with Crippen LogP contribution in [-0.4, -0.2) is 16.1 Å². The van der Waals surface area contributed by atoms with E-state index < -0.39 is 5.91 Å². The molecular formula is C18H13FN4O2S2. The highest BCUT2D eigenvalue weighted by molar-refractivity contribution is 8.00. The molecule has 0 aliphatic rings. The van der Waals surface area contributed by atoms with Gasteiger partial charge >= 0.3 is 0 Å². The summed E-state index contributed by atoms with van der Waals surface area (Å²) >= 11 is 2.70. The Labute approximate surface area is 161 Å². The number of hydrogen-bond acceptors (Lipinski definition) is 7. The van der Waals surface area contributed by atoms with E-state index in [4.69, 9.17) is 10.2 Å². The number of benzene rings is 2. The quantitative estimate of drug-likeness (QED) is 0.377. The average Bonchev–Trinajstić information content (AvgIpc) is 3.26. The third-order valence-electron chi connectivity index (χ3n) is 3.74. The maximum atomic E-state index is 12.9. The molecule has 0 aliphatic heterocycles. The second kappa shape index (κ2) is 7.37. The molecule has 0 radical (unpaired) electrons. The van der Waals surface area contributed by atoms with Gasteiger partial charge in [-0.2, -0.15) is 0 Å². The predicted molar refractivity (Wildman–Crippen MR) is 104 cm³/mol. The van der Waals surface area contributed by atoms with Crippen LogP contribution in [0.5, 0.6) is 0 Å². The van der Waals surface area contributed by atoms with Crippen LogP contribution in [0, 0.1) is 5.82 Å². The van der Waals surface area contributed by atoms with Gasteiger partial charge < -0.3 is 10.2 Å². The highest BCUT2D eigenvalue weighted by Crippen LogP contribution is 2.31. The van der Waals surface area contributed by atoms with Crippen molar-refractivity contribution in [3.63, 3.8) is 0 Å². The number of nitrogens with two attached hydrogens (primary N) is 1. The Kier molecular flexibility index (Phi) is 4.78. The van der Waals surface area contributed by atoms with Gasteiger partial charge in [0.1, 0.15) is 11.4 Å². The van der Waals surface area contributed by atoms with Crippen molar-refractivity contribution in [3.05, 3.63) is 65.7 Å². The Morgan fingerprint density at radius 3 is 2.74 bits per heavy atom. The smallest absolute Gasteiger partial charge is 0.295 e. The minimum atomic E-state index is -0.477. The van der Waals surface area contributed by atoms with E-state index >= 15 is 0 Å². The third kappa shape index (κ3) is 3.79. The Balaban J connectivity index is 1.43. The van der Waals surface area contributed by atoms with Crippen LogP contribution in [0.1, 0.15) is 16.1 Å². The van der Waals surface area contributed by atoms with Gasteiger partial charge in [0, 0.05) is 11.1 Å². The van der Waals surface area contributed by atoms with Crippen LogP contribution in [-0.2, 0) is 5.75 Å². The molecule has 2 heterocycles. The molecule has 0 saturated carbocycles. The van der Waals surface area contributed by atoms with Gasteiger partial charge in [-0.1, -0.05) is 47.4 Å². The maximum absolute atomic E-state index is 12.9. The first kappa shape index (κ1) is 17.5. The molecule has 9 heteroatoms. The fourth-order valence-electron chi connectivity index (χ4n) is 2.43. The van der Waals surface area contributed by atoms with Gasteiger partial charge in [0.15, 0.2) is 4.34 Å². The molecule has 1 amide bonds. The van der Waals surface area contributed by atoms with Gasteiger partial charge in [0.25, 0.3) is 5.91 Å². The number of nitrogen functional groups attached to an aromatic ring is 1. The minimum Gasteiger partial charge on any atom is -0.449 e. The predicted octanol–water partition coefficient (Wildman–Crippen LogP) is 4.55. The number of fused-ring (bicyclic) bond motifs is 1. The van der Waals surface area contributed by atoms with Crippen molar-refractivity contribution in [3.8, 4) is 0 Å². The van der Waals surface area contributed by atoms with Crippen LogP contribution in [0.15, 0.2) is 57.3 Å². The van der Waals surface area contributed by atoms with Gasteiger partial charge in [-0.25, -0.2) is 4.39 Å². The van der Waals surface area contributed by atoms with Crippen LogP contribution in [0.2, 0.25) is 0 Å². The van der Waals surface area contributed by atoms with Crippen molar-refractivity contribution in [2.24, 2.45) is 0 Å². The average molecular weight is 400 g/mol. The molecule has 0 aliphatic carbocycles. The molecule has 0 fully saturated rings. The highest BCUT2D eigenvalue weighted by atomic mass is 32.2. The molecule has 3 N–H and O–H groups in total. The lowest BCUT2D eigenvalue weighted by Gasteiger charge is -1.99. The molecule has 2 aromatic carbocycles. The zero-order valence-electron chi connectivity index (χ0n) is 13.8. The lowest BCUT2D eigenvalue weighted by atomic mass is 10.2. The number of thioether (sulfide) groups is 1. The number of aromatic nitrogens is 2. The number of nitrogens with one attached hydrogen (secondary N) is 1. The Hall–Kier alpha value is -2.91. The Morgan fingerprint density at radius 2 is 1.96 bits per heavy atom. The van der Waals surface area contributed by atoms with Crippen LogP contribution >= 0.6 is 23.1 Å². The summed E-state index contributed by atoms with van der Waals surface area (Å²) in [6.45, 7) is 0. The number of anilines is 2. The molecule has 6 nitrogen and oxygen atoms in total. The second-order valence-corrected chi connectivity index (χ2v) is 7.78. The number of rotatable bonds is 5. The zero-order valence-corrected chi connectivity index (χ0v) is 15.4. The summed E-state index contributed by atoms with van der Waals surface area (Å²) in [6.07, 6.45) is 0. The van der Waals surface area contributed by atoms with E-state index in [0.29, 0.717) is 31.9 Å². The summed E-state index contributed by atoms with van der Waals surface area (Å²) in [4.78, 5) is 12.4. The van der Waals surface area contributed by atoms with E-state index in [-0.39, 0.29) is 11.6 Å². The fraction of sp³-hybridized carbons (Fsp3) is 0.0556. The minimum absolute atomic E-state index is 0.0481. The first-order chi connectivity index (χ1) is 13.1. The van der Waals surface area contributed by atoms with Crippen molar-refractivity contribution in [2.75, 3.05) is 11.1 Å². The standard InChI is InChI=1S/C18H13FN4O2S2/c19-11-7-5-10(6-8-11)9-26-18-23-22-17(27-18)21-16(24)15-14(20)12-3-1-2-4-13(12)25-15/h1-8H,9,20H2,(H,21,22,24). The normalized spacial score (nSPS) is 11.0. The lowest BCUT2D eigenvalue weighted by Crippen LogP contribution is -2.12. The highest BCUT2D eigenvalue weighted by Gasteiger charge is 2.19. The van der Waals surface area contributed by atoms with Gasteiger partial charge in [0.2, 0.25) is 10.9 Å². The SMILES string of the molecule is Nc1c(C(=O)Nc2nnc(SCc3ccc(F)cc3)s2)oc2ccccc12. The van der Waals surface area contributed by atoms with Crippen LogP contribution in [0.3, 0.4) is 0 Å². The van der Waals surface area contributed by atoms with Crippen LogP contribution in [0.4, 0.5) is 15.2 Å². The van der Waals surface area contributed by atoms with Crippen LogP contribution < -0.4 is 11.1 Å². The number of hydrogen-bond donors (Lipinski definition) is 2. The molecule has 136 valence electrons. The molecule has 0 atom stereocenters. The summed E-state index contributed by atoms with van der Waals surface area (Å²) in [5, 5.41) is 11.7. The number of para-hydroxylation sites is 1. The molecule has 0 unspecified atom stereocenters. The molecule has 27 heavy (non-hydrogen) atoms. The zero-order chi connectivity index (χ0) is 18.8. The maximum Gasteiger partial charge on any atom is 0.295 e. The van der Waals surface area contributed by atoms with Crippen molar-refractivity contribution < 1.29 is 13.6 Å². The molecule has 4 rings (SSSR count). The number of carbonyl (C=O) groups is 1. The van der Waals surface area contributed by atoms with E-state index in [9.17, 15) is 9.18 Å². The summed E-state index contributed by atoms with van der Waals surface area (Å²) < 4.78 is 19.2. The topological polar surface area (TPSA) is 94.0 Å². The van der Waals surface area contributed by atoms with E-state index in [1.165, 1.54) is 35.2 Å². The van der Waals surface area contributed by atoms with Crippen molar-refractivity contribution in [1.29, 1.82) is 0 Å². The largest absolute Gasteiger partial charge is 0.449 e. The van der Waals surface area contributed by atoms with E-state index in [1.807, 2.05) is 12.1 Å². The van der Waals surface area contributed by atoms with Gasteiger partial charge in [-0.05, 0) is 29.8 Å². The summed E-state index contributed by atoms with van der Waals surface area (Å²) in [5.41, 5.74) is 7.81. The van der Waals surface area contributed by atoms with Gasteiger partial charge in [-0.3, -0.25) is 10.1 Å². The molecule has 0 spiro atoms. The summed E-state index contributed by atoms with van der Waals surface area (Å²) in [7, 11) is 0. The number of carbonyl (C=O) groups excluding carboxylic acids is 1. The first-order valence-electron chi connectivity index (χ1n) is 7.89. The van der Waals surface area contributed by atoms with E-state index in [2.05, 4.69) is 15.5 Å². The molecule has 0 saturated heterocycles. The second-order valence-electron chi connectivity index (χ2n) is 5.58. The Morgan fingerprint density at radius 1 is 1.19 bits per heavy atom. The third-order valence-corrected chi connectivity index (χ3v) is 5.79.